The van der Waals surface area contributed by atoms with E-state index in [4.69, 9.17) is 23.8 Å². The first-order valence-electron chi connectivity index (χ1n) is 16.4. The summed E-state index contributed by atoms with van der Waals surface area (Å²) >= 11 is 0. The fourth-order valence-electron chi connectivity index (χ4n) is 6.34. The lowest BCUT2D eigenvalue weighted by Crippen LogP contribution is -2.66. The van der Waals surface area contributed by atoms with Crippen LogP contribution in [-0.2, 0) is 23.8 Å². The first-order valence-corrected chi connectivity index (χ1v) is 16.4. The molecule has 41 heavy (non-hydrogen) atoms. The number of rotatable bonds is 18. The Kier molecular flexibility index (Phi) is 15.8. The van der Waals surface area contributed by atoms with Gasteiger partial charge in [-0.3, -0.25) is 4.84 Å². The number of nitrogens with zero attached hydrogens (tertiary/aromatic N) is 1. The Morgan fingerprint density at radius 2 is 1.49 bits per heavy atom. The summed E-state index contributed by atoms with van der Waals surface area (Å²) in [6, 6.07) is 0. The van der Waals surface area contributed by atoms with Crippen LogP contribution in [0.25, 0.3) is 0 Å². The molecule has 0 saturated carbocycles. The van der Waals surface area contributed by atoms with Gasteiger partial charge in [-0.15, -0.1) is 0 Å². The van der Waals surface area contributed by atoms with Gasteiger partial charge in [-0.25, -0.2) is 0 Å². The van der Waals surface area contributed by atoms with E-state index in [2.05, 4.69) is 59.8 Å². The number of unbranched alkanes of at least 4 members (excludes halogenated alkanes) is 9. The number of hydrogen-bond acceptors (Lipinski definition) is 6. The van der Waals surface area contributed by atoms with Gasteiger partial charge in [0, 0.05) is 31.0 Å². The average Bonchev–Trinajstić information content (AvgIpc) is 3.65. The molecule has 0 aromatic rings. The molecule has 6 heteroatoms. The average molecular weight is 578 g/mol. The number of methoxy groups -OCH3 is 1. The van der Waals surface area contributed by atoms with E-state index in [9.17, 15) is 0 Å². The van der Waals surface area contributed by atoms with E-state index in [0.717, 1.165) is 38.0 Å². The lowest BCUT2D eigenvalue weighted by Gasteiger charge is -2.56. The third kappa shape index (κ3) is 13.0. The van der Waals surface area contributed by atoms with Gasteiger partial charge < -0.3 is 18.9 Å². The zero-order chi connectivity index (χ0) is 30.4. The summed E-state index contributed by atoms with van der Waals surface area (Å²) in [5.41, 5.74) is 0.469. The minimum absolute atomic E-state index is 0.117. The van der Waals surface area contributed by atoms with Gasteiger partial charge in [-0.1, -0.05) is 103 Å². The third-order valence-electron chi connectivity index (χ3n) is 8.28. The summed E-state index contributed by atoms with van der Waals surface area (Å²) in [7, 11) is 1.68. The quantitative estimate of drug-likeness (QED) is 0.0922. The minimum Gasteiger partial charge on any atom is -0.382 e. The summed E-state index contributed by atoms with van der Waals surface area (Å²) in [5, 5.41) is 2.16. The molecule has 0 aliphatic carbocycles. The second-order valence-electron chi connectivity index (χ2n) is 13.5. The van der Waals surface area contributed by atoms with E-state index in [1.165, 1.54) is 64.2 Å². The predicted molar refractivity (Wildman–Crippen MR) is 170 cm³/mol. The number of allylic oxidation sites excluding steroid dienone is 2. The van der Waals surface area contributed by atoms with E-state index < -0.39 is 5.79 Å². The molecule has 3 aliphatic heterocycles. The smallest absolute Gasteiger partial charge is 0.172 e. The van der Waals surface area contributed by atoms with Crippen molar-refractivity contribution >= 4 is 0 Å². The van der Waals surface area contributed by atoms with Crippen LogP contribution in [0.3, 0.4) is 0 Å². The molecule has 3 saturated heterocycles. The maximum absolute atomic E-state index is 6.65. The Balaban J connectivity index is 0.000000864. The van der Waals surface area contributed by atoms with E-state index in [1.54, 1.807) is 13.2 Å². The molecule has 0 bridgehead atoms. The fourth-order valence-corrected chi connectivity index (χ4v) is 6.34. The fraction of sp³-hybridized carbons (Fsp3) is 0.829. The maximum atomic E-state index is 6.65. The van der Waals surface area contributed by atoms with Gasteiger partial charge in [0.05, 0.1) is 25.9 Å². The van der Waals surface area contributed by atoms with E-state index in [-0.39, 0.29) is 23.3 Å². The van der Waals surface area contributed by atoms with Gasteiger partial charge in [0.25, 0.3) is 0 Å². The van der Waals surface area contributed by atoms with Crippen LogP contribution in [0, 0.1) is 0 Å². The molecular weight excluding hydrogens is 514 g/mol. The Morgan fingerprint density at radius 1 is 0.927 bits per heavy atom. The monoisotopic (exact) mass is 577 g/mol. The lowest BCUT2D eigenvalue weighted by atomic mass is 9.78. The van der Waals surface area contributed by atoms with Crippen LogP contribution >= 0.6 is 0 Å². The molecule has 0 radical (unpaired) electrons. The molecule has 238 valence electrons. The standard InChI is InChI=1S/C31H55NO3.C4H8O2/c1-9-11-13-14-15-16-17-18-19-20-22-28-23-33-31(34-28)24-29(5,6)32(30(7,8)25-31)35-27(4)26(3)21-12-10-2;1-5-2-4-3-6-4/h10,12,21,27-28H,2-3,9,11,13-20,22-25H2,1,4-8H3;4H,2-3H2,1H3/b21-12-;. The summed E-state index contributed by atoms with van der Waals surface area (Å²) < 4.78 is 22.6. The van der Waals surface area contributed by atoms with Crippen LogP contribution in [-0.4, -0.2) is 67.2 Å². The Bertz CT molecular complexity index is 769. The molecule has 3 fully saturated rings. The normalized spacial score (nSPS) is 25.1. The van der Waals surface area contributed by atoms with Crippen molar-refractivity contribution in [3.8, 4) is 0 Å². The van der Waals surface area contributed by atoms with Crippen LogP contribution in [0.1, 0.15) is 125 Å². The van der Waals surface area contributed by atoms with Crippen LogP contribution in [0.5, 0.6) is 0 Å². The highest BCUT2D eigenvalue weighted by atomic mass is 16.7. The third-order valence-corrected chi connectivity index (χ3v) is 8.28. The molecule has 3 aliphatic rings. The van der Waals surface area contributed by atoms with Crippen molar-refractivity contribution in [3.05, 3.63) is 37.0 Å². The second kappa shape index (κ2) is 17.9. The van der Waals surface area contributed by atoms with Gasteiger partial charge in [0.1, 0.15) is 12.2 Å². The molecule has 0 N–H and O–H groups in total. The van der Waals surface area contributed by atoms with Crippen molar-refractivity contribution in [1.29, 1.82) is 0 Å². The Hall–Kier alpha value is -1.02. The molecule has 0 amide bonds. The molecule has 3 unspecified atom stereocenters. The van der Waals surface area contributed by atoms with Crippen molar-refractivity contribution in [2.75, 3.05) is 26.9 Å². The number of hydrogen-bond donors (Lipinski definition) is 0. The molecular formula is C35H63NO5. The topological polar surface area (TPSA) is 52.7 Å². The summed E-state index contributed by atoms with van der Waals surface area (Å²) in [5.74, 6) is -0.515. The highest BCUT2D eigenvalue weighted by Gasteiger charge is 2.57. The minimum atomic E-state index is -0.515. The van der Waals surface area contributed by atoms with Gasteiger partial charge in [0.2, 0.25) is 0 Å². The zero-order valence-electron chi connectivity index (χ0n) is 27.7. The van der Waals surface area contributed by atoms with Gasteiger partial charge in [-0.05, 0) is 46.6 Å². The van der Waals surface area contributed by atoms with E-state index in [1.807, 2.05) is 12.2 Å². The number of ether oxygens (including phenoxy) is 4. The summed E-state index contributed by atoms with van der Waals surface area (Å²) in [6.07, 6.45) is 22.5. The summed E-state index contributed by atoms with van der Waals surface area (Å²) in [4.78, 5) is 6.49. The van der Waals surface area contributed by atoms with Gasteiger partial charge in [0.15, 0.2) is 5.79 Å². The number of piperidine rings is 1. The highest BCUT2D eigenvalue weighted by Crippen LogP contribution is 2.49. The van der Waals surface area contributed by atoms with Crippen molar-refractivity contribution in [2.45, 2.75) is 160 Å². The van der Waals surface area contributed by atoms with Crippen molar-refractivity contribution in [3.63, 3.8) is 0 Å². The molecule has 0 aromatic heterocycles. The van der Waals surface area contributed by atoms with Crippen LogP contribution < -0.4 is 0 Å². The van der Waals surface area contributed by atoms with Gasteiger partial charge in [-0.2, -0.15) is 5.06 Å². The van der Waals surface area contributed by atoms with Gasteiger partial charge >= 0.3 is 0 Å². The molecule has 3 heterocycles. The van der Waals surface area contributed by atoms with Crippen LogP contribution in [0.2, 0.25) is 0 Å². The molecule has 1 spiro atoms. The van der Waals surface area contributed by atoms with E-state index in [0.29, 0.717) is 12.7 Å². The maximum Gasteiger partial charge on any atom is 0.172 e. The van der Waals surface area contributed by atoms with Crippen LogP contribution in [0.15, 0.2) is 37.0 Å². The Morgan fingerprint density at radius 3 is 1.98 bits per heavy atom. The predicted octanol–water partition coefficient (Wildman–Crippen LogP) is 8.71. The summed E-state index contributed by atoms with van der Waals surface area (Å²) in [6.45, 7) is 23.5. The molecule has 0 aromatic carbocycles. The van der Waals surface area contributed by atoms with E-state index >= 15 is 0 Å². The first-order chi connectivity index (χ1) is 19.5. The van der Waals surface area contributed by atoms with Crippen molar-refractivity contribution in [2.24, 2.45) is 0 Å². The molecule has 3 rings (SSSR count). The SMILES string of the molecule is C=C/C=C\C(=C)C(C)ON1C(C)(C)CC2(CC1(C)C)OCC(CCCCCCCCCCCC)O2.COCC1CO1. The van der Waals surface area contributed by atoms with Crippen molar-refractivity contribution < 1.29 is 23.8 Å². The number of hydroxylamine groups is 2. The van der Waals surface area contributed by atoms with Crippen molar-refractivity contribution in [1.82, 2.24) is 5.06 Å². The largest absolute Gasteiger partial charge is 0.382 e. The first kappa shape index (κ1) is 36.2. The highest BCUT2D eigenvalue weighted by molar-refractivity contribution is 5.21. The van der Waals surface area contributed by atoms with Crippen LogP contribution in [0.4, 0.5) is 0 Å². The molecule has 3 atom stereocenters. The second-order valence-corrected chi connectivity index (χ2v) is 13.5. The Labute approximate surface area is 252 Å². The lowest BCUT2D eigenvalue weighted by molar-refractivity contribution is -0.345. The zero-order valence-corrected chi connectivity index (χ0v) is 27.7. The molecule has 6 nitrogen and oxygen atoms in total. The number of epoxide rings is 1.